The lowest BCUT2D eigenvalue weighted by Crippen LogP contribution is -2.40. The molecular formula is C22H19N3O6. The Balaban J connectivity index is 1.59. The molecule has 1 N–H and O–H groups in total. The molecule has 1 aliphatic heterocycles. The number of fused-ring (bicyclic) bond motifs is 1. The van der Waals surface area contributed by atoms with Gasteiger partial charge in [-0.1, -0.05) is 24.3 Å². The highest BCUT2D eigenvalue weighted by Gasteiger charge is 2.27. The first-order chi connectivity index (χ1) is 15.0. The van der Waals surface area contributed by atoms with Crippen molar-refractivity contribution in [3.05, 3.63) is 76.0 Å². The minimum absolute atomic E-state index is 0.0557. The summed E-state index contributed by atoms with van der Waals surface area (Å²) >= 11 is 0. The standard InChI is InChI=1S/C22H19N3O6/c26-19(9-8-15-4-3-5-16(14-15)25(28)29)23-20-17-6-1-2-7-18(17)31-21(20)22(27)24-10-12-30-13-11-24/h1-9,14H,10-13H2,(H,23,26)/b9-8+. The Morgan fingerprint density at radius 1 is 1.10 bits per heavy atom. The van der Waals surface area contributed by atoms with Crippen LogP contribution in [0.2, 0.25) is 0 Å². The number of morpholine rings is 1. The first kappa shape index (κ1) is 20.3. The highest BCUT2D eigenvalue weighted by atomic mass is 16.6. The van der Waals surface area contributed by atoms with E-state index in [2.05, 4.69) is 5.32 Å². The molecule has 0 unspecified atom stereocenters. The van der Waals surface area contributed by atoms with Crippen molar-refractivity contribution in [1.82, 2.24) is 4.90 Å². The summed E-state index contributed by atoms with van der Waals surface area (Å²) in [5.41, 5.74) is 1.21. The largest absolute Gasteiger partial charge is 0.449 e. The van der Waals surface area contributed by atoms with Crippen LogP contribution in [0, 0.1) is 10.1 Å². The molecule has 2 heterocycles. The van der Waals surface area contributed by atoms with Crippen LogP contribution in [-0.4, -0.2) is 47.9 Å². The number of anilines is 1. The van der Waals surface area contributed by atoms with Crippen LogP contribution in [0.4, 0.5) is 11.4 Å². The van der Waals surface area contributed by atoms with Crippen molar-refractivity contribution >= 4 is 40.2 Å². The van der Waals surface area contributed by atoms with Crippen LogP contribution in [-0.2, 0) is 9.53 Å². The molecule has 158 valence electrons. The molecule has 0 spiro atoms. The average molecular weight is 421 g/mol. The number of carbonyl (C=O) groups is 2. The van der Waals surface area contributed by atoms with Gasteiger partial charge in [-0.25, -0.2) is 0 Å². The van der Waals surface area contributed by atoms with E-state index in [-0.39, 0.29) is 17.4 Å². The van der Waals surface area contributed by atoms with E-state index in [0.29, 0.717) is 48.5 Å². The molecule has 1 aromatic heterocycles. The topological polar surface area (TPSA) is 115 Å². The van der Waals surface area contributed by atoms with Crippen molar-refractivity contribution in [1.29, 1.82) is 0 Å². The van der Waals surface area contributed by atoms with Crippen LogP contribution in [0.25, 0.3) is 17.0 Å². The normalized spacial score (nSPS) is 14.1. The molecule has 1 saturated heterocycles. The number of furan rings is 1. The minimum atomic E-state index is -0.501. The Morgan fingerprint density at radius 3 is 2.65 bits per heavy atom. The first-order valence-electron chi connectivity index (χ1n) is 9.65. The Morgan fingerprint density at radius 2 is 1.87 bits per heavy atom. The molecule has 2 aromatic carbocycles. The van der Waals surface area contributed by atoms with Gasteiger partial charge in [0.1, 0.15) is 11.3 Å². The Hall–Kier alpha value is -3.98. The Kier molecular flexibility index (Phi) is 5.76. The highest BCUT2D eigenvalue weighted by Crippen LogP contribution is 2.32. The third-order valence-electron chi connectivity index (χ3n) is 4.84. The lowest BCUT2D eigenvalue weighted by molar-refractivity contribution is -0.384. The fourth-order valence-corrected chi connectivity index (χ4v) is 3.31. The maximum atomic E-state index is 13.0. The number of nitro groups is 1. The zero-order valence-corrected chi connectivity index (χ0v) is 16.4. The molecule has 4 rings (SSSR count). The van der Waals surface area contributed by atoms with Gasteiger partial charge >= 0.3 is 0 Å². The molecule has 1 aliphatic rings. The molecule has 0 bridgehead atoms. The number of amides is 2. The van der Waals surface area contributed by atoms with E-state index >= 15 is 0 Å². The van der Waals surface area contributed by atoms with Crippen molar-refractivity contribution in [2.75, 3.05) is 31.6 Å². The fraction of sp³-hybridized carbons (Fsp3) is 0.182. The van der Waals surface area contributed by atoms with Gasteiger partial charge < -0.3 is 19.4 Å². The number of ether oxygens (including phenoxy) is 1. The summed E-state index contributed by atoms with van der Waals surface area (Å²) in [6.07, 6.45) is 2.72. The third kappa shape index (κ3) is 4.46. The van der Waals surface area contributed by atoms with Gasteiger partial charge in [-0.05, 0) is 23.8 Å². The summed E-state index contributed by atoms with van der Waals surface area (Å²) in [5.74, 6) is -0.758. The second kappa shape index (κ2) is 8.80. The van der Waals surface area contributed by atoms with E-state index in [1.54, 1.807) is 41.3 Å². The van der Waals surface area contributed by atoms with E-state index < -0.39 is 10.8 Å². The zero-order chi connectivity index (χ0) is 21.8. The van der Waals surface area contributed by atoms with Crippen LogP contribution in [0.15, 0.2) is 59.0 Å². The summed E-state index contributed by atoms with van der Waals surface area (Å²) in [7, 11) is 0. The number of nitro benzene ring substituents is 1. The monoisotopic (exact) mass is 421 g/mol. The van der Waals surface area contributed by atoms with Crippen molar-refractivity contribution < 1.29 is 23.7 Å². The van der Waals surface area contributed by atoms with Crippen LogP contribution in [0.5, 0.6) is 0 Å². The molecule has 3 aromatic rings. The number of nitrogens with one attached hydrogen (secondary N) is 1. The van der Waals surface area contributed by atoms with E-state index in [1.165, 1.54) is 24.3 Å². The number of non-ortho nitro benzene ring substituents is 1. The summed E-state index contributed by atoms with van der Waals surface area (Å²) in [6.45, 7) is 1.77. The van der Waals surface area contributed by atoms with Crippen LogP contribution in [0.1, 0.15) is 16.1 Å². The van der Waals surface area contributed by atoms with Crippen molar-refractivity contribution in [3.8, 4) is 0 Å². The third-order valence-corrected chi connectivity index (χ3v) is 4.84. The summed E-state index contributed by atoms with van der Waals surface area (Å²) in [6, 6.07) is 13.0. The molecule has 0 saturated carbocycles. The van der Waals surface area contributed by atoms with Gasteiger partial charge in [-0.15, -0.1) is 0 Å². The molecule has 0 radical (unpaired) electrons. The van der Waals surface area contributed by atoms with E-state index in [9.17, 15) is 19.7 Å². The Bertz CT molecular complexity index is 1180. The minimum Gasteiger partial charge on any atom is -0.449 e. The molecule has 2 amide bonds. The average Bonchev–Trinajstić information content (AvgIpc) is 3.16. The molecule has 31 heavy (non-hydrogen) atoms. The van der Waals surface area contributed by atoms with Crippen molar-refractivity contribution in [2.24, 2.45) is 0 Å². The zero-order valence-electron chi connectivity index (χ0n) is 16.4. The molecular weight excluding hydrogens is 402 g/mol. The van der Waals surface area contributed by atoms with Crippen LogP contribution in [0.3, 0.4) is 0 Å². The van der Waals surface area contributed by atoms with Crippen molar-refractivity contribution in [2.45, 2.75) is 0 Å². The second-order valence-electron chi connectivity index (χ2n) is 6.88. The van der Waals surface area contributed by atoms with Crippen LogP contribution >= 0.6 is 0 Å². The maximum Gasteiger partial charge on any atom is 0.291 e. The number of hydrogen-bond donors (Lipinski definition) is 1. The van der Waals surface area contributed by atoms with Gasteiger partial charge in [0.25, 0.3) is 11.6 Å². The SMILES string of the molecule is O=C(/C=C/c1cccc([N+](=O)[O-])c1)Nc1c(C(=O)N2CCOCC2)oc2ccccc12. The van der Waals surface area contributed by atoms with Gasteiger partial charge in [0.15, 0.2) is 0 Å². The van der Waals surface area contributed by atoms with Gasteiger partial charge in [0.05, 0.1) is 18.1 Å². The molecule has 9 heteroatoms. The van der Waals surface area contributed by atoms with Gasteiger partial charge in [-0.3, -0.25) is 19.7 Å². The lowest BCUT2D eigenvalue weighted by atomic mass is 10.2. The molecule has 1 fully saturated rings. The molecule has 0 atom stereocenters. The number of nitrogens with zero attached hydrogens (tertiary/aromatic N) is 2. The summed E-state index contributed by atoms with van der Waals surface area (Å²) < 4.78 is 11.1. The van der Waals surface area contributed by atoms with Crippen molar-refractivity contribution in [3.63, 3.8) is 0 Å². The first-order valence-corrected chi connectivity index (χ1v) is 9.65. The smallest absolute Gasteiger partial charge is 0.291 e. The van der Waals surface area contributed by atoms with Gasteiger partial charge in [0.2, 0.25) is 11.7 Å². The van der Waals surface area contributed by atoms with E-state index in [4.69, 9.17) is 9.15 Å². The van der Waals surface area contributed by atoms with Gasteiger partial charge in [0, 0.05) is 36.7 Å². The Labute approximate surface area is 177 Å². The van der Waals surface area contributed by atoms with E-state index in [0.717, 1.165) is 0 Å². The number of hydrogen-bond acceptors (Lipinski definition) is 6. The quantitative estimate of drug-likeness (QED) is 0.383. The molecule has 9 nitrogen and oxygen atoms in total. The number of carbonyl (C=O) groups excluding carboxylic acids is 2. The van der Waals surface area contributed by atoms with Gasteiger partial charge in [-0.2, -0.15) is 0 Å². The number of para-hydroxylation sites is 1. The fourth-order valence-electron chi connectivity index (χ4n) is 3.31. The summed E-state index contributed by atoms with van der Waals surface area (Å²) in [5, 5.41) is 14.2. The predicted octanol–water partition coefficient (Wildman–Crippen LogP) is 3.47. The highest BCUT2D eigenvalue weighted by molar-refractivity contribution is 6.13. The second-order valence-corrected chi connectivity index (χ2v) is 6.88. The predicted molar refractivity (Wildman–Crippen MR) is 114 cm³/mol. The summed E-state index contributed by atoms with van der Waals surface area (Å²) in [4.78, 5) is 37.6. The van der Waals surface area contributed by atoms with E-state index in [1.807, 2.05) is 0 Å². The molecule has 0 aliphatic carbocycles. The number of benzene rings is 2. The lowest BCUT2D eigenvalue weighted by Gasteiger charge is -2.26. The maximum absolute atomic E-state index is 13.0. The number of rotatable bonds is 5. The van der Waals surface area contributed by atoms with Crippen LogP contribution < -0.4 is 5.32 Å².